The summed E-state index contributed by atoms with van der Waals surface area (Å²) in [5.41, 5.74) is 0.0449. The number of esters is 1. The molecular weight excluding hydrogens is 344 g/mol. The van der Waals surface area contributed by atoms with Gasteiger partial charge in [0.1, 0.15) is 5.54 Å². The van der Waals surface area contributed by atoms with Crippen LogP contribution in [-0.4, -0.2) is 36.5 Å². The Labute approximate surface area is 157 Å². The first-order valence-electron chi connectivity index (χ1n) is 8.99. The summed E-state index contributed by atoms with van der Waals surface area (Å²) in [6.07, 6.45) is 1.37. The minimum Gasteiger partial charge on any atom is -0.464 e. The first-order valence-corrected chi connectivity index (χ1v) is 8.99. The second-order valence-corrected chi connectivity index (χ2v) is 6.51. The van der Waals surface area contributed by atoms with Gasteiger partial charge in [-0.2, -0.15) is 0 Å². The summed E-state index contributed by atoms with van der Waals surface area (Å²) in [4.78, 5) is 36.9. The molecule has 0 radical (unpaired) electrons. The Morgan fingerprint density at radius 2 is 1.52 bits per heavy atom. The Balaban J connectivity index is 1.56. The minimum atomic E-state index is -1.04. The number of hydrogen-bond acceptors (Lipinski definition) is 4. The normalized spacial score (nSPS) is 18.6. The lowest BCUT2D eigenvalue weighted by Crippen LogP contribution is -2.52. The topological polar surface area (TPSA) is 84.5 Å². The number of nitrogens with one attached hydrogen (secondary N) is 2. The summed E-state index contributed by atoms with van der Waals surface area (Å²) in [7, 11) is 0. The molecule has 6 nitrogen and oxygen atoms in total. The van der Waals surface area contributed by atoms with E-state index >= 15 is 0 Å². The van der Waals surface area contributed by atoms with Crippen LogP contribution in [0.5, 0.6) is 0 Å². The number of amides is 2. The Morgan fingerprint density at radius 3 is 2.07 bits per heavy atom. The summed E-state index contributed by atoms with van der Waals surface area (Å²) < 4.78 is 5.11. The molecule has 0 aliphatic carbocycles. The maximum atomic E-state index is 12.5. The Bertz CT molecular complexity index is 807. The third-order valence-electron chi connectivity index (χ3n) is 4.64. The van der Waals surface area contributed by atoms with E-state index in [-0.39, 0.29) is 18.4 Å². The SMILES string of the molecule is O=C(NCCC[C@@]1(NC(=O)c2ccccc2)CCOC1=O)c1ccccc1. The molecule has 1 fully saturated rings. The summed E-state index contributed by atoms with van der Waals surface area (Å²) in [6.45, 7) is 0.689. The number of rotatable bonds is 7. The van der Waals surface area contributed by atoms with Crippen LogP contribution in [0.3, 0.4) is 0 Å². The predicted octanol–water partition coefficient (Wildman–Crippen LogP) is 2.31. The average Bonchev–Trinajstić information content (AvgIpc) is 3.06. The zero-order chi connectivity index (χ0) is 19.1. The van der Waals surface area contributed by atoms with Crippen molar-refractivity contribution in [2.75, 3.05) is 13.2 Å². The van der Waals surface area contributed by atoms with Gasteiger partial charge in [-0.15, -0.1) is 0 Å². The molecule has 1 heterocycles. The van der Waals surface area contributed by atoms with Crippen LogP contribution >= 0.6 is 0 Å². The standard InChI is InChI=1S/C21H22N2O4/c24-18(16-8-3-1-4-9-16)22-14-7-12-21(13-15-27-20(21)26)23-19(25)17-10-5-2-6-11-17/h1-6,8-11H,7,12-15H2,(H,22,24)(H,23,25)/t21-/m1/s1. The minimum absolute atomic E-state index is 0.160. The van der Waals surface area contributed by atoms with E-state index in [2.05, 4.69) is 10.6 Å². The van der Waals surface area contributed by atoms with Gasteiger partial charge >= 0.3 is 5.97 Å². The molecule has 1 atom stereocenters. The highest BCUT2D eigenvalue weighted by molar-refractivity contribution is 5.98. The second kappa shape index (κ2) is 8.49. The molecule has 2 amide bonds. The van der Waals surface area contributed by atoms with Gasteiger partial charge < -0.3 is 15.4 Å². The number of ether oxygens (including phenoxy) is 1. The van der Waals surface area contributed by atoms with Crippen molar-refractivity contribution in [3.8, 4) is 0 Å². The van der Waals surface area contributed by atoms with Crippen molar-refractivity contribution in [2.24, 2.45) is 0 Å². The molecule has 2 N–H and O–H groups in total. The van der Waals surface area contributed by atoms with Crippen molar-refractivity contribution >= 4 is 17.8 Å². The molecule has 1 aliphatic heterocycles. The van der Waals surface area contributed by atoms with Crippen molar-refractivity contribution < 1.29 is 19.1 Å². The highest BCUT2D eigenvalue weighted by Crippen LogP contribution is 2.26. The zero-order valence-corrected chi connectivity index (χ0v) is 14.9. The van der Waals surface area contributed by atoms with Gasteiger partial charge in [-0.3, -0.25) is 9.59 Å². The summed E-state index contributed by atoms with van der Waals surface area (Å²) >= 11 is 0. The van der Waals surface area contributed by atoms with Crippen molar-refractivity contribution in [1.82, 2.24) is 10.6 Å². The van der Waals surface area contributed by atoms with Gasteiger partial charge in [-0.1, -0.05) is 36.4 Å². The number of carbonyl (C=O) groups is 3. The van der Waals surface area contributed by atoms with E-state index in [1.807, 2.05) is 12.1 Å². The Morgan fingerprint density at radius 1 is 0.926 bits per heavy atom. The third kappa shape index (κ3) is 4.53. The fourth-order valence-corrected chi connectivity index (χ4v) is 3.12. The van der Waals surface area contributed by atoms with Crippen LogP contribution in [0.4, 0.5) is 0 Å². The van der Waals surface area contributed by atoms with Crippen LogP contribution in [-0.2, 0) is 9.53 Å². The molecule has 2 aromatic rings. The van der Waals surface area contributed by atoms with E-state index in [4.69, 9.17) is 4.74 Å². The molecule has 0 saturated carbocycles. The van der Waals surface area contributed by atoms with Crippen LogP contribution in [0.15, 0.2) is 60.7 Å². The van der Waals surface area contributed by atoms with Crippen LogP contribution in [0, 0.1) is 0 Å². The molecule has 1 saturated heterocycles. The first-order chi connectivity index (χ1) is 13.1. The highest BCUT2D eigenvalue weighted by Gasteiger charge is 2.45. The van der Waals surface area contributed by atoms with Gasteiger partial charge in [-0.05, 0) is 37.1 Å². The fraction of sp³-hybridized carbons (Fsp3) is 0.286. The van der Waals surface area contributed by atoms with Crippen molar-refractivity contribution in [1.29, 1.82) is 0 Å². The molecule has 0 bridgehead atoms. The Kier molecular flexibility index (Phi) is 5.86. The van der Waals surface area contributed by atoms with Crippen LogP contribution < -0.4 is 10.6 Å². The predicted molar refractivity (Wildman–Crippen MR) is 100 cm³/mol. The maximum absolute atomic E-state index is 12.5. The second-order valence-electron chi connectivity index (χ2n) is 6.51. The maximum Gasteiger partial charge on any atom is 0.331 e. The van der Waals surface area contributed by atoms with E-state index in [9.17, 15) is 14.4 Å². The van der Waals surface area contributed by atoms with E-state index in [0.717, 1.165) is 0 Å². The Hall–Kier alpha value is -3.15. The van der Waals surface area contributed by atoms with Crippen LogP contribution in [0.2, 0.25) is 0 Å². The monoisotopic (exact) mass is 366 g/mol. The molecule has 1 aliphatic rings. The van der Waals surface area contributed by atoms with Crippen molar-refractivity contribution in [3.05, 3.63) is 71.8 Å². The molecule has 140 valence electrons. The molecule has 0 unspecified atom stereocenters. The summed E-state index contributed by atoms with van der Waals surface area (Å²) in [6, 6.07) is 17.7. The lowest BCUT2D eigenvalue weighted by Gasteiger charge is -2.26. The van der Waals surface area contributed by atoms with Crippen molar-refractivity contribution in [2.45, 2.75) is 24.8 Å². The number of benzene rings is 2. The molecular formula is C21H22N2O4. The van der Waals surface area contributed by atoms with E-state index in [1.165, 1.54) is 0 Å². The number of hydrogen-bond donors (Lipinski definition) is 2. The van der Waals surface area contributed by atoms with Crippen LogP contribution in [0.1, 0.15) is 40.0 Å². The van der Waals surface area contributed by atoms with Gasteiger partial charge in [0.15, 0.2) is 0 Å². The molecule has 6 heteroatoms. The van der Waals surface area contributed by atoms with Gasteiger partial charge in [0.05, 0.1) is 6.61 Å². The fourth-order valence-electron chi connectivity index (χ4n) is 3.12. The molecule has 3 rings (SSSR count). The van der Waals surface area contributed by atoms with Gasteiger partial charge in [0.25, 0.3) is 11.8 Å². The molecule has 0 spiro atoms. The van der Waals surface area contributed by atoms with E-state index in [0.29, 0.717) is 36.9 Å². The van der Waals surface area contributed by atoms with Gasteiger partial charge in [0, 0.05) is 24.1 Å². The largest absolute Gasteiger partial charge is 0.464 e. The lowest BCUT2D eigenvalue weighted by molar-refractivity contribution is -0.143. The smallest absolute Gasteiger partial charge is 0.331 e. The highest BCUT2D eigenvalue weighted by atomic mass is 16.5. The molecule has 0 aromatic heterocycles. The van der Waals surface area contributed by atoms with E-state index in [1.54, 1.807) is 48.5 Å². The number of carbonyl (C=O) groups excluding carboxylic acids is 3. The number of cyclic esters (lactones) is 1. The van der Waals surface area contributed by atoms with Gasteiger partial charge in [0.2, 0.25) is 0 Å². The van der Waals surface area contributed by atoms with Gasteiger partial charge in [-0.25, -0.2) is 4.79 Å². The summed E-state index contributed by atoms with van der Waals surface area (Å²) in [5.74, 6) is -0.879. The summed E-state index contributed by atoms with van der Waals surface area (Å²) in [5, 5.41) is 5.69. The molecule has 2 aromatic carbocycles. The lowest BCUT2D eigenvalue weighted by atomic mass is 9.91. The first kappa shape index (κ1) is 18.6. The average molecular weight is 366 g/mol. The third-order valence-corrected chi connectivity index (χ3v) is 4.64. The van der Waals surface area contributed by atoms with Crippen molar-refractivity contribution in [3.63, 3.8) is 0 Å². The quantitative estimate of drug-likeness (QED) is 0.582. The van der Waals surface area contributed by atoms with E-state index < -0.39 is 11.5 Å². The molecule has 27 heavy (non-hydrogen) atoms. The zero-order valence-electron chi connectivity index (χ0n) is 14.9. The van der Waals surface area contributed by atoms with Crippen LogP contribution in [0.25, 0.3) is 0 Å².